The number of benzene rings is 2. The first kappa shape index (κ1) is 16.9. The maximum absolute atomic E-state index is 11.3. The van der Waals surface area contributed by atoms with Crippen LogP contribution in [0, 0.1) is 0 Å². The Kier molecular flexibility index (Phi) is 5.20. The van der Waals surface area contributed by atoms with Crippen LogP contribution in [0.25, 0.3) is 0 Å². The molecular formula is C19H18N4OS. The van der Waals surface area contributed by atoms with Crippen molar-refractivity contribution in [2.24, 2.45) is 0 Å². The van der Waals surface area contributed by atoms with E-state index >= 15 is 0 Å². The van der Waals surface area contributed by atoms with Gasteiger partial charge in [0.25, 0.3) is 0 Å². The van der Waals surface area contributed by atoms with Gasteiger partial charge in [-0.1, -0.05) is 30.3 Å². The van der Waals surface area contributed by atoms with Gasteiger partial charge in [-0.15, -0.1) is 0 Å². The SMILES string of the molecule is CC(=O)c1ccc(NC(=S)Nc2ccn(Cc3ccccc3)n2)cc1. The van der Waals surface area contributed by atoms with Gasteiger partial charge in [0.2, 0.25) is 0 Å². The Bertz CT molecular complexity index is 872. The van der Waals surface area contributed by atoms with Crippen LogP contribution in [-0.4, -0.2) is 20.7 Å². The van der Waals surface area contributed by atoms with E-state index in [2.05, 4.69) is 27.9 Å². The molecule has 1 aromatic heterocycles. The number of carbonyl (C=O) groups excluding carboxylic acids is 1. The van der Waals surface area contributed by atoms with E-state index in [4.69, 9.17) is 12.2 Å². The van der Waals surface area contributed by atoms with Crippen LogP contribution in [0.4, 0.5) is 11.5 Å². The van der Waals surface area contributed by atoms with E-state index in [0.29, 0.717) is 23.0 Å². The molecule has 6 heteroatoms. The number of carbonyl (C=O) groups is 1. The lowest BCUT2D eigenvalue weighted by Gasteiger charge is -2.09. The van der Waals surface area contributed by atoms with Gasteiger partial charge in [0.15, 0.2) is 16.7 Å². The fourth-order valence-electron chi connectivity index (χ4n) is 2.35. The van der Waals surface area contributed by atoms with Gasteiger partial charge in [0.05, 0.1) is 6.54 Å². The molecule has 0 aliphatic heterocycles. The molecule has 0 bridgehead atoms. The highest BCUT2D eigenvalue weighted by atomic mass is 32.1. The zero-order chi connectivity index (χ0) is 17.6. The third-order valence-electron chi connectivity index (χ3n) is 3.62. The van der Waals surface area contributed by atoms with Crippen LogP contribution in [0.2, 0.25) is 0 Å². The van der Waals surface area contributed by atoms with Crippen molar-refractivity contribution in [3.8, 4) is 0 Å². The largest absolute Gasteiger partial charge is 0.332 e. The molecule has 2 N–H and O–H groups in total. The molecule has 2 aromatic carbocycles. The summed E-state index contributed by atoms with van der Waals surface area (Å²) in [5.41, 5.74) is 2.67. The zero-order valence-corrected chi connectivity index (χ0v) is 14.6. The van der Waals surface area contributed by atoms with Crippen molar-refractivity contribution < 1.29 is 4.79 Å². The monoisotopic (exact) mass is 350 g/mol. The Morgan fingerprint density at radius 3 is 2.44 bits per heavy atom. The first-order valence-corrected chi connectivity index (χ1v) is 8.27. The van der Waals surface area contributed by atoms with Crippen molar-refractivity contribution in [1.82, 2.24) is 9.78 Å². The quantitative estimate of drug-likeness (QED) is 0.539. The molecule has 0 saturated heterocycles. The second-order valence-corrected chi connectivity index (χ2v) is 6.01. The molecule has 3 aromatic rings. The molecule has 0 aliphatic rings. The maximum atomic E-state index is 11.3. The normalized spacial score (nSPS) is 10.3. The van der Waals surface area contributed by atoms with E-state index in [1.165, 1.54) is 5.56 Å². The van der Waals surface area contributed by atoms with E-state index in [1.54, 1.807) is 19.1 Å². The van der Waals surface area contributed by atoms with Gasteiger partial charge in [-0.2, -0.15) is 5.10 Å². The van der Waals surface area contributed by atoms with Crippen molar-refractivity contribution >= 4 is 34.6 Å². The first-order valence-electron chi connectivity index (χ1n) is 7.86. The molecule has 0 unspecified atom stereocenters. The van der Waals surface area contributed by atoms with Gasteiger partial charge in [-0.25, -0.2) is 0 Å². The Morgan fingerprint density at radius 1 is 1.04 bits per heavy atom. The minimum atomic E-state index is 0.0382. The van der Waals surface area contributed by atoms with Crippen LogP contribution in [0.1, 0.15) is 22.8 Å². The number of hydrogen-bond acceptors (Lipinski definition) is 3. The average Bonchev–Trinajstić information content (AvgIpc) is 3.03. The van der Waals surface area contributed by atoms with Crippen LogP contribution in [0.15, 0.2) is 66.9 Å². The van der Waals surface area contributed by atoms with E-state index in [-0.39, 0.29) is 5.78 Å². The number of hydrogen-bond donors (Lipinski definition) is 2. The summed E-state index contributed by atoms with van der Waals surface area (Å²) in [5, 5.41) is 11.0. The molecule has 0 atom stereocenters. The molecule has 0 radical (unpaired) electrons. The Hall–Kier alpha value is -2.99. The molecule has 3 rings (SSSR count). The summed E-state index contributed by atoms with van der Waals surface area (Å²) in [6.07, 6.45) is 1.90. The minimum Gasteiger partial charge on any atom is -0.332 e. The molecular weight excluding hydrogens is 332 g/mol. The second kappa shape index (κ2) is 7.72. The van der Waals surface area contributed by atoms with Crippen molar-refractivity contribution in [1.29, 1.82) is 0 Å². The minimum absolute atomic E-state index is 0.0382. The van der Waals surface area contributed by atoms with Crippen LogP contribution >= 0.6 is 12.2 Å². The van der Waals surface area contributed by atoms with Gasteiger partial charge >= 0.3 is 0 Å². The topological polar surface area (TPSA) is 59.0 Å². The molecule has 0 fully saturated rings. The van der Waals surface area contributed by atoms with Gasteiger partial charge < -0.3 is 10.6 Å². The number of nitrogens with zero attached hydrogens (tertiary/aromatic N) is 2. The van der Waals surface area contributed by atoms with Gasteiger partial charge in [-0.05, 0) is 49.0 Å². The standard InChI is InChI=1S/C19H18N4OS/c1-14(24)16-7-9-17(10-8-16)20-19(25)21-18-11-12-23(22-18)13-15-5-3-2-4-6-15/h2-12H,13H2,1H3,(H2,20,21,22,25). The third kappa shape index (κ3) is 4.74. The van der Waals surface area contributed by atoms with Crippen molar-refractivity contribution in [3.05, 3.63) is 78.0 Å². The summed E-state index contributed by atoms with van der Waals surface area (Å²) < 4.78 is 1.85. The lowest BCUT2D eigenvalue weighted by Crippen LogP contribution is -2.19. The highest BCUT2D eigenvalue weighted by molar-refractivity contribution is 7.80. The smallest absolute Gasteiger partial charge is 0.176 e. The fraction of sp³-hybridized carbons (Fsp3) is 0.105. The fourth-order valence-corrected chi connectivity index (χ4v) is 2.58. The highest BCUT2D eigenvalue weighted by Gasteiger charge is 2.04. The number of aromatic nitrogens is 2. The predicted molar refractivity (Wildman–Crippen MR) is 104 cm³/mol. The number of thiocarbonyl (C=S) groups is 1. The molecule has 25 heavy (non-hydrogen) atoms. The summed E-state index contributed by atoms with van der Waals surface area (Å²) in [4.78, 5) is 11.3. The third-order valence-corrected chi connectivity index (χ3v) is 3.82. The van der Waals surface area contributed by atoms with Crippen LogP contribution in [0.5, 0.6) is 0 Å². The van der Waals surface area contributed by atoms with Gasteiger partial charge in [0.1, 0.15) is 0 Å². The highest BCUT2D eigenvalue weighted by Crippen LogP contribution is 2.11. The van der Waals surface area contributed by atoms with Crippen LogP contribution in [0.3, 0.4) is 0 Å². The zero-order valence-electron chi connectivity index (χ0n) is 13.8. The van der Waals surface area contributed by atoms with Crippen LogP contribution < -0.4 is 10.6 Å². The summed E-state index contributed by atoms with van der Waals surface area (Å²) in [6, 6.07) is 19.2. The van der Waals surface area contributed by atoms with Crippen molar-refractivity contribution in [3.63, 3.8) is 0 Å². The van der Waals surface area contributed by atoms with E-state index in [0.717, 1.165) is 5.69 Å². The second-order valence-electron chi connectivity index (χ2n) is 5.60. The molecule has 5 nitrogen and oxygen atoms in total. The number of ketones is 1. The molecule has 126 valence electrons. The Balaban J connectivity index is 1.57. The van der Waals surface area contributed by atoms with E-state index in [9.17, 15) is 4.79 Å². The average molecular weight is 350 g/mol. The van der Waals surface area contributed by atoms with Crippen molar-refractivity contribution in [2.45, 2.75) is 13.5 Å². The maximum Gasteiger partial charge on any atom is 0.176 e. The summed E-state index contributed by atoms with van der Waals surface area (Å²) in [5.74, 6) is 0.713. The predicted octanol–water partition coefficient (Wildman–Crippen LogP) is 3.94. The molecule has 0 spiro atoms. The van der Waals surface area contributed by atoms with E-state index < -0.39 is 0 Å². The Labute approximate surface area is 151 Å². The summed E-state index contributed by atoms with van der Waals surface area (Å²) >= 11 is 5.30. The number of nitrogens with one attached hydrogen (secondary N) is 2. The van der Waals surface area contributed by atoms with Gasteiger partial charge in [0, 0.05) is 23.5 Å². The summed E-state index contributed by atoms with van der Waals surface area (Å²) in [7, 11) is 0. The van der Waals surface area contributed by atoms with E-state index in [1.807, 2.05) is 47.3 Å². The van der Waals surface area contributed by atoms with Gasteiger partial charge in [-0.3, -0.25) is 9.48 Å². The number of anilines is 2. The lowest BCUT2D eigenvalue weighted by atomic mass is 10.1. The molecule has 0 saturated carbocycles. The Morgan fingerprint density at radius 2 is 1.76 bits per heavy atom. The number of Topliss-reactive ketones (excluding diaryl/α,β-unsaturated/α-hetero) is 1. The summed E-state index contributed by atoms with van der Waals surface area (Å²) in [6.45, 7) is 2.25. The van der Waals surface area contributed by atoms with Crippen LogP contribution in [-0.2, 0) is 6.54 Å². The number of rotatable bonds is 5. The molecule has 0 aliphatic carbocycles. The lowest BCUT2D eigenvalue weighted by molar-refractivity contribution is 0.101. The van der Waals surface area contributed by atoms with Crippen molar-refractivity contribution in [2.75, 3.05) is 10.6 Å². The molecule has 1 heterocycles. The first-order chi connectivity index (χ1) is 12.1. The molecule has 0 amide bonds.